The summed E-state index contributed by atoms with van der Waals surface area (Å²) in [5.41, 5.74) is 1.43. The number of ether oxygens (including phenoxy) is 2. The molecule has 1 aromatic carbocycles. The maximum absolute atomic E-state index is 13.0. The smallest absolute Gasteiger partial charge is 0.325 e. The fourth-order valence-corrected chi connectivity index (χ4v) is 5.53. The highest BCUT2D eigenvalue weighted by Crippen LogP contribution is 2.45. The van der Waals surface area contributed by atoms with E-state index in [0.29, 0.717) is 17.9 Å². The second-order valence-corrected chi connectivity index (χ2v) is 21.4. The van der Waals surface area contributed by atoms with Gasteiger partial charge in [0.15, 0.2) is 11.5 Å². The molecule has 0 fully saturated rings. The van der Waals surface area contributed by atoms with Crippen LogP contribution in [0, 0.1) is 6.92 Å². The zero-order valence-electron chi connectivity index (χ0n) is 19.6. The normalized spacial score (nSPS) is 18.0. The van der Waals surface area contributed by atoms with Crippen LogP contribution in [0.5, 0.6) is 11.5 Å². The first-order valence-electron chi connectivity index (χ1n) is 10.2. The number of hydrogen-bond acceptors (Lipinski definition) is 4. The molecule has 0 radical (unpaired) electrons. The summed E-state index contributed by atoms with van der Waals surface area (Å²) in [5, 5.41) is 0.156. The van der Waals surface area contributed by atoms with Crippen LogP contribution in [-0.4, -0.2) is 34.7 Å². The topological polar surface area (TPSA) is 44.8 Å². The Labute approximate surface area is 173 Å². The monoisotopic (exact) mass is 422 g/mol. The molecule has 0 bridgehead atoms. The minimum Gasteiger partial charge on any atom is -0.516 e. The van der Waals surface area contributed by atoms with Crippen molar-refractivity contribution >= 4 is 22.4 Å². The average Bonchev–Trinajstić information content (AvgIpc) is 2.52. The van der Waals surface area contributed by atoms with Crippen molar-refractivity contribution in [2.75, 3.05) is 6.61 Å². The van der Waals surface area contributed by atoms with Gasteiger partial charge in [-0.1, -0.05) is 54.6 Å². The lowest BCUT2D eigenvalue weighted by atomic mass is 10.1. The molecule has 0 saturated heterocycles. The van der Waals surface area contributed by atoms with Crippen molar-refractivity contribution in [1.82, 2.24) is 0 Å². The molecule has 1 aliphatic rings. The second kappa shape index (κ2) is 7.20. The summed E-state index contributed by atoms with van der Waals surface area (Å²) in [6.07, 6.45) is 0. The molecule has 158 valence electrons. The van der Waals surface area contributed by atoms with E-state index < -0.39 is 16.4 Å². The Morgan fingerprint density at radius 3 is 2.11 bits per heavy atom. The third kappa shape index (κ3) is 4.18. The van der Waals surface area contributed by atoms with Crippen molar-refractivity contribution in [3.63, 3.8) is 0 Å². The molecule has 1 aliphatic heterocycles. The first kappa shape index (κ1) is 23.0. The Balaban J connectivity index is 2.35. The summed E-state index contributed by atoms with van der Waals surface area (Å²) in [6, 6.07) is 3.64. The van der Waals surface area contributed by atoms with Gasteiger partial charge in [0.1, 0.15) is 20.4 Å². The summed E-state index contributed by atoms with van der Waals surface area (Å²) in [4.78, 5) is 13.0. The van der Waals surface area contributed by atoms with Gasteiger partial charge < -0.3 is 13.9 Å². The maximum atomic E-state index is 13.0. The van der Waals surface area contributed by atoms with Crippen molar-refractivity contribution in [1.29, 1.82) is 0 Å². The van der Waals surface area contributed by atoms with Crippen LogP contribution in [0.2, 0.25) is 36.3 Å². The zero-order valence-corrected chi connectivity index (χ0v) is 21.6. The van der Waals surface area contributed by atoms with Gasteiger partial charge in [-0.15, -0.1) is 0 Å². The number of rotatable bonds is 3. The summed E-state index contributed by atoms with van der Waals surface area (Å²) in [5.74, 6) is 1.16. The minimum atomic E-state index is -2.19. The van der Waals surface area contributed by atoms with E-state index in [-0.39, 0.29) is 21.8 Å². The summed E-state index contributed by atoms with van der Waals surface area (Å²) in [6.45, 7) is 24.6. The lowest BCUT2D eigenvalue weighted by Crippen LogP contribution is -2.56. The Kier molecular flexibility index (Phi) is 5.92. The van der Waals surface area contributed by atoms with E-state index in [0.717, 1.165) is 11.3 Å². The molecule has 0 spiro atoms. The number of carbonyl (C=O) groups is 1. The van der Waals surface area contributed by atoms with E-state index in [1.807, 2.05) is 13.0 Å². The molecule has 1 heterocycles. The van der Waals surface area contributed by atoms with Crippen LogP contribution in [0.25, 0.3) is 0 Å². The quantitative estimate of drug-likeness (QED) is 0.533. The zero-order chi connectivity index (χ0) is 21.7. The van der Waals surface area contributed by atoms with Gasteiger partial charge >= 0.3 is 5.97 Å². The van der Waals surface area contributed by atoms with Crippen molar-refractivity contribution < 1.29 is 18.7 Å². The summed E-state index contributed by atoms with van der Waals surface area (Å²) >= 11 is 0. The molecular weight excluding hydrogens is 384 g/mol. The van der Waals surface area contributed by atoms with Gasteiger partial charge in [0.05, 0.1) is 5.56 Å². The second-order valence-electron chi connectivity index (χ2n) is 11.1. The maximum Gasteiger partial charge on any atom is 0.325 e. The molecule has 0 amide bonds. The molecule has 0 aromatic heterocycles. The Morgan fingerprint density at radius 1 is 1.04 bits per heavy atom. The first-order chi connectivity index (χ1) is 12.5. The molecular formula is C22H38O4Si2. The molecule has 0 N–H and O–H groups in total. The molecule has 0 saturated carbocycles. The summed E-state index contributed by atoms with van der Waals surface area (Å²) < 4.78 is 18.6. The fraction of sp³-hybridized carbons (Fsp3) is 0.682. The number of hydrogen-bond donors (Lipinski definition) is 0. The van der Waals surface area contributed by atoms with Gasteiger partial charge in [0.2, 0.25) is 0 Å². The standard InChI is InChI=1S/C22H38O4Si2/c1-15-16(20(23)26-28(10,11)22(5,6)7)12-13-17-19(15)25-18(14-24-17)27(8,9)21(2,3)4/h12-13,18H,14H2,1-11H3. The fourth-order valence-electron chi connectivity index (χ4n) is 2.77. The van der Waals surface area contributed by atoms with E-state index in [1.54, 1.807) is 6.07 Å². The van der Waals surface area contributed by atoms with E-state index in [1.165, 1.54) is 0 Å². The Hall–Kier alpha value is -1.28. The lowest BCUT2D eigenvalue weighted by Gasteiger charge is -2.44. The average molecular weight is 423 g/mol. The molecule has 1 unspecified atom stereocenters. The third-order valence-corrected chi connectivity index (χ3v) is 17.2. The molecule has 28 heavy (non-hydrogen) atoms. The summed E-state index contributed by atoms with van der Waals surface area (Å²) in [7, 11) is -3.95. The van der Waals surface area contributed by atoms with Crippen LogP contribution in [0.1, 0.15) is 57.5 Å². The van der Waals surface area contributed by atoms with Gasteiger partial charge in [-0.3, -0.25) is 0 Å². The number of fused-ring (bicyclic) bond motifs is 1. The molecule has 1 atom stereocenters. The highest BCUT2D eigenvalue weighted by molar-refractivity contribution is 6.81. The number of benzene rings is 1. The minimum absolute atomic E-state index is 0.0299. The van der Waals surface area contributed by atoms with E-state index in [2.05, 4.69) is 67.7 Å². The molecule has 1 aromatic rings. The largest absolute Gasteiger partial charge is 0.516 e. The van der Waals surface area contributed by atoms with Crippen molar-refractivity contribution in [3.05, 3.63) is 23.3 Å². The van der Waals surface area contributed by atoms with E-state index in [9.17, 15) is 4.79 Å². The Morgan fingerprint density at radius 2 is 1.61 bits per heavy atom. The van der Waals surface area contributed by atoms with Gasteiger partial charge in [-0.2, -0.15) is 0 Å². The van der Waals surface area contributed by atoms with Crippen molar-refractivity contribution in [2.24, 2.45) is 0 Å². The van der Waals surface area contributed by atoms with Crippen LogP contribution in [0.4, 0.5) is 0 Å². The molecule has 4 nitrogen and oxygen atoms in total. The third-order valence-electron chi connectivity index (χ3n) is 7.13. The Bertz CT molecular complexity index is 755. The molecule has 2 rings (SSSR count). The van der Waals surface area contributed by atoms with Crippen LogP contribution >= 0.6 is 0 Å². The van der Waals surface area contributed by atoms with Gasteiger partial charge in [-0.05, 0) is 42.2 Å². The van der Waals surface area contributed by atoms with Crippen LogP contribution in [0.15, 0.2) is 12.1 Å². The van der Waals surface area contributed by atoms with Crippen molar-refractivity contribution in [3.8, 4) is 11.5 Å². The predicted octanol–water partition coefficient (Wildman–Crippen LogP) is 6.34. The number of carbonyl (C=O) groups excluding carboxylic acids is 1. The van der Waals surface area contributed by atoms with E-state index >= 15 is 0 Å². The van der Waals surface area contributed by atoms with Crippen LogP contribution < -0.4 is 9.47 Å². The first-order valence-corrected chi connectivity index (χ1v) is 16.1. The van der Waals surface area contributed by atoms with Gasteiger partial charge in [-0.25, -0.2) is 4.79 Å². The van der Waals surface area contributed by atoms with Gasteiger partial charge in [0, 0.05) is 5.56 Å². The predicted molar refractivity (Wildman–Crippen MR) is 121 cm³/mol. The van der Waals surface area contributed by atoms with Crippen molar-refractivity contribution in [2.45, 2.75) is 90.5 Å². The van der Waals surface area contributed by atoms with Crippen LogP contribution in [0.3, 0.4) is 0 Å². The molecule has 6 heteroatoms. The SMILES string of the molecule is Cc1c(C(=O)O[Si](C)(C)C(C)(C)C)ccc2c1OC([Si](C)(C)C(C)(C)C)CO2. The highest BCUT2D eigenvalue weighted by Gasteiger charge is 2.46. The lowest BCUT2D eigenvalue weighted by molar-refractivity contribution is 0.0709. The van der Waals surface area contributed by atoms with Gasteiger partial charge in [0.25, 0.3) is 8.32 Å². The molecule has 0 aliphatic carbocycles. The van der Waals surface area contributed by atoms with Crippen LogP contribution in [-0.2, 0) is 4.43 Å². The highest BCUT2D eigenvalue weighted by atomic mass is 28.4. The van der Waals surface area contributed by atoms with E-state index in [4.69, 9.17) is 13.9 Å².